The number of fused-ring (bicyclic) bond motifs is 2. The van der Waals surface area contributed by atoms with Crippen LogP contribution in [0.5, 0.6) is 0 Å². The van der Waals surface area contributed by atoms with Gasteiger partial charge in [0.1, 0.15) is 33.7 Å². The molecule has 5 unspecified atom stereocenters. The van der Waals surface area contributed by atoms with Crippen LogP contribution < -0.4 is 4.90 Å². The van der Waals surface area contributed by atoms with E-state index >= 15 is 0 Å². The zero-order valence-electron chi connectivity index (χ0n) is 19.2. The predicted octanol–water partition coefficient (Wildman–Crippen LogP) is 6.03. The summed E-state index contributed by atoms with van der Waals surface area (Å²) in [5.74, 6) is 3.88. The Labute approximate surface area is 214 Å². The molecule has 2 aromatic rings. The highest BCUT2D eigenvalue weighted by atomic mass is 35.5. The normalized spacial score (nSPS) is 32.7. The molecule has 3 heterocycles. The van der Waals surface area contributed by atoms with Gasteiger partial charge in [-0.2, -0.15) is 0 Å². The van der Waals surface area contributed by atoms with Crippen molar-refractivity contribution in [3.05, 3.63) is 45.9 Å². The molecular formula is C25H27Cl3N4O2. The van der Waals surface area contributed by atoms with Crippen molar-refractivity contribution in [3.8, 4) is 0 Å². The van der Waals surface area contributed by atoms with Gasteiger partial charge in [0.05, 0.1) is 36.9 Å². The number of methoxy groups -OCH3 is 2. The van der Waals surface area contributed by atoms with Crippen molar-refractivity contribution in [3.63, 3.8) is 0 Å². The van der Waals surface area contributed by atoms with Crippen LogP contribution in [0.3, 0.4) is 0 Å². The maximum atomic E-state index is 6.83. The van der Waals surface area contributed by atoms with Gasteiger partial charge in [-0.05, 0) is 55.4 Å². The quantitative estimate of drug-likeness (QED) is 0.362. The van der Waals surface area contributed by atoms with Crippen LogP contribution in [0.2, 0.25) is 5.15 Å². The summed E-state index contributed by atoms with van der Waals surface area (Å²) in [5, 5.41) is 1.23. The van der Waals surface area contributed by atoms with E-state index in [9.17, 15) is 0 Å². The summed E-state index contributed by atoms with van der Waals surface area (Å²) < 4.78 is 11.0. The number of rotatable bonds is 4. The molecule has 5 atom stereocenters. The van der Waals surface area contributed by atoms with Gasteiger partial charge in [0.15, 0.2) is 0 Å². The number of allylic oxidation sites excluding steroid dienone is 3. The first-order valence-electron chi connectivity index (χ1n) is 11.8. The predicted molar refractivity (Wildman–Crippen MR) is 134 cm³/mol. The van der Waals surface area contributed by atoms with Crippen molar-refractivity contribution in [1.29, 1.82) is 0 Å². The van der Waals surface area contributed by atoms with Crippen LogP contribution in [0, 0.1) is 17.3 Å². The minimum atomic E-state index is -0.558. The molecule has 0 bridgehead atoms. The summed E-state index contributed by atoms with van der Waals surface area (Å²) in [7, 11) is 3.16. The smallest absolute Gasteiger partial charge is 0.141 e. The molecule has 0 amide bonds. The van der Waals surface area contributed by atoms with Crippen LogP contribution in [-0.2, 0) is 9.47 Å². The summed E-state index contributed by atoms with van der Waals surface area (Å²) in [4.78, 5) is 16.6. The summed E-state index contributed by atoms with van der Waals surface area (Å²) in [5.41, 5.74) is 1.11. The first-order valence-corrected chi connectivity index (χ1v) is 13.0. The molecule has 0 aromatic carbocycles. The molecule has 1 aliphatic heterocycles. The number of nitrogens with zero attached hydrogens (tertiary/aromatic N) is 4. The van der Waals surface area contributed by atoms with Gasteiger partial charge in [-0.25, -0.2) is 15.0 Å². The van der Waals surface area contributed by atoms with Crippen molar-refractivity contribution < 1.29 is 9.47 Å². The molecule has 6 rings (SSSR count). The molecule has 2 aromatic heterocycles. The van der Waals surface area contributed by atoms with Crippen molar-refractivity contribution in [1.82, 2.24) is 15.0 Å². The molecule has 3 aliphatic carbocycles. The third kappa shape index (κ3) is 3.73. The largest absolute Gasteiger partial charge is 0.499 e. The Morgan fingerprint density at radius 1 is 1.12 bits per heavy atom. The van der Waals surface area contributed by atoms with Crippen molar-refractivity contribution in [2.45, 2.75) is 43.4 Å². The Morgan fingerprint density at radius 2 is 1.97 bits per heavy atom. The maximum Gasteiger partial charge on any atom is 0.141 e. The fourth-order valence-electron chi connectivity index (χ4n) is 6.23. The van der Waals surface area contributed by atoms with Crippen LogP contribution >= 0.6 is 34.8 Å². The van der Waals surface area contributed by atoms with Crippen LogP contribution in [-0.4, -0.2) is 47.6 Å². The molecular weight excluding hydrogens is 495 g/mol. The third-order valence-electron chi connectivity index (χ3n) is 8.17. The lowest BCUT2D eigenvalue weighted by Gasteiger charge is -2.33. The molecule has 2 saturated carbocycles. The molecule has 1 spiro atoms. The maximum absolute atomic E-state index is 6.83. The van der Waals surface area contributed by atoms with E-state index in [0.29, 0.717) is 32.9 Å². The number of halogens is 3. The van der Waals surface area contributed by atoms with Gasteiger partial charge < -0.3 is 14.4 Å². The van der Waals surface area contributed by atoms with E-state index in [1.165, 1.54) is 32.1 Å². The Balaban J connectivity index is 1.43. The zero-order chi connectivity index (χ0) is 23.6. The number of ether oxygens (including phenoxy) is 2. The second-order valence-corrected chi connectivity index (χ2v) is 11.4. The topological polar surface area (TPSA) is 60.4 Å². The van der Waals surface area contributed by atoms with E-state index in [-0.39, 0.29) is 0 Å². The number of pyridine rings is 1. The van der Waals surface area contributed by atoms with Gasteiger partial charge in [-0.1, -0.05) is 23.2 Å². The zero-order valence-corrected chi connectivity index (χ0v) is 21.5. The van der Waals surface area contributed by atoms with Gasteiger partial charge in [-0.15, -0.1) is 11.6 Å². The molecule has 4 aliphatic rings. The fraction of sp³-hybridized carbons (Fsp3) is 0.560. The Hall–Kier alpha value is -1.76. The number of alkyl halides is 1. The van der Waals surface area contributed by atoms with E-state index in [1.807, 2.05) is 6.07 Å². The lowest BCUT2D eigenvalue weighted by atomic mass is 9.73. The van der Waals surface area contributed by atoms with E-state index in [0.717, 1.165) is 41.6 Å². The van der Waals surface area contributed by atoms with Crippen LogP contribution in [0.25, 0.3) is 10.9 Å². The van der Waals surface area contributed by atoms with Crippen LogP contribution in [0.4, 0.5) is 5.82 Å². The Morgan fingerprint density at radius 3 is 2.74 bits per heavy atom. The minimum absolute atomic E-state index is 0.387. The third-order valence-corrected chi connectivity index (χ3v) is 9.27. The van der Waals surface area contributed by atoms with Gasteiger partial charge in [0.25, 0.3) is 0 Å². The highest BCUT2D eigenvalue weighted by molar-refractivity contribution is 6.33. The van der Waals surface area contributed by atoms with Crippen LogP contribution in [0.1, 0.15) is 43.8 Å². The lowest BCUT2D eigenvalue weighted by Crippen LogP contribution is -2.31. The van der Waals surface area contributed by atoms with E-state index < -0.39 is 11.3 Å². The molecule has 0 N–H and O–H groups in total. The second kappa shape index (κ2) is 8.42. The average Bonchev–Trinajstić information content (AvgIpc) is 3.48. The Bertz CT molecular complexity index is 1220. The standard InChI is InChI=1S/C25H27Cl3N4O2/c1-33-17-9-18(34-2)22(28)20(21(17)27)23-30-16-11-29-19(26)8-15(16)24(31-23)32-6-5-25(12-32)4-3-13-7-14(13)10-25/h8-9,11,13-14,20-21H,3-7,10,12H2,1-2H3. The summed E-state index contributed by atoms with van der Waals surface area (Å²) in [6.45, 7) is 1.97. The van der Waals surface area contributed by atoms with Gasteiger partial charge in [-0.3, -0.25) is 0 Å². The number of hydrogen-bond acceptors (Lipinski definition) is 6. The van der Waals surface area contributed by atoms with Gasteiger partial charge in [0.2, 0.25) is 0 Å². The number of aromatic nitrogens is 3. The molecule has 34 heavy (non-hydrogen) atoms. The highest BCUT2D eigenvalue weighted by Gasteiger charge is 2.51. The van der Waals surface area contributed by atoms with Gasteiger partial charge >= 0.3 is 0 Å². The highest BCUT2D eigenvalue weighted by Crippen LogP contribution is 2.58. The molecule has 9 heteroatoms. The summed E-state index contributed by atoms with van der Waals surface area (Å²) in [6, 6.07) is 1.86. The van der Waals surface area contributed by atoms with E-state index in [2.05, 4.69) is 9.88 Å². The molecule has 6 nitrogen and oxygen atoms in total. The van der Waals surface area contributed by atoms with E-state index in [1.54, 1.807) is 26.5 Å². The van der Waals surface area contributed by atoms with Crippen molar-refractivity contribution in [2.24, 2.45) is 17.3 Å². The van der Waals surface area contributed by atoms with E-state index in [4.69, 9.17) is 54.2 Å². The van der Waals surface area contributed by atoms with Crippen molar-refractivity contribution >= 4 is 51.5 Å². The molecule has 0 radical (unpaired) electrons. The number of hydrogen-bond donors (Lipinski definition) is 0. The molecule has 3 fully saturated rings. The minimum Gasteiger partial charge on any atom is -0.499 e. The molecule has 1 saturated heterocycles. The lowest BCUT2D eigenvalue weighted by molar-refractivity contribution is 0.209. The summed E-state index contributed by atoms with van der Waals surface area (Å²) in [6.07, 6.45) is 10.1. The SMILES string of the molecule is COC1=CC(OC)=C(Cl)C(c2nc(N3CCC4(CCC5CC5C4)C3)c3cc(Cl)ncc3n2)C1Cl. The van der Waals surface area contributed by atoms with Gasteiger partial charge in [0, 0.05) is 24.6 Å². The summed E-state index contributed by atoms with van der Waals surface area (Å²) >= 11 is 19.9. The Kier molecular flexibility index (Phi) is 5.62. The monoisotopic (exact) mass is 520 g/mol. The van der Waals surface area contributed by atoms with Crippen molar-refractivity contribution in [2.75, 3.05) is 32.2 Å². The molecule has 180 valence electrons. The first-order chi connectivity index (χ1) is 16.4. The van der Waals surface area contributed by atoms with Crippen LogP contribution in [0.15, 0.2) is 34.9 Å². The fourth-order valence-corrected chi connectivity index (χ4v) is 7.20. The average molecular weight is 522 g/mol. The first kappa shape index (κ1) is 22.7. The second-order valence-electron chi connectivity index (χ2n) is 10.1. The number of anilines is 1.